The Hall–Kier alpha value is -2.59. The average molecular weight is 1030 g/mol. The molecule has 0 aromatic carbocycles. The van der Waals surface area contributed by atoms with E-state index in [1.807, 2.05) is 14.0 Å². The number of ether oxygens (including phenoxy) is 2. The van der Waals surface area contributed by atoms with Crippen molar-refractivity contribution in [2.24, 2.45) is 79.1 Å². The third-order valence-corrected chi connectivity index (χ3v) is 22.8. The Balaban J connectivity index is 1.18. The molecule has 21 atom stereocenters. The van der Waals surface area contributed by atoms with Crippen LogP contribution in [0.4, 0.5) is 0 Å². The lowest BCUT2D eigenvalue weighted by Gasteiger charge is -2.73. The van der Waals surface area contributed by atoms with Crippen molar-refractivity contribution < 1.29 is 59.9 Å². The van der Waals surface area contributed by atoms with Crippen LogP contribution in [0.5, 0.6) is 0 Å². The summed E-state index contributed by atoms with van der Waals surface area (Å²) in [6.45, 7) is 12.2. The molecule has 6 aliphatic carbocycles. The minimum absolute atomic E-state index is 0.0168. The van der Waals surface area contributed by atoms with Crippen LogP contribution in [-0.4, -0.2) is 158 Å². The van der Waals surface area contributed by atoms with Gasteiger partial charge in [0.25, 0.3) is 0 Å². The lowest BCUT2D eigenvalue weighted by molar-refractivity contribution is -0.340. The van der Waals surface area contributed by atoms with E-state index >= 15 is 4.79 Å². The lowest BCUT2D eigenvalue weighted by atomic mass is 9.31. The molecular formula is C55H90N6O12. The van der Waals surface area contributed by atoms with E-state index in [0.29, 0.717) is 83.7 Å². The Labute approximate surface area is 431 Å². The molecule has 7 fully saturated rings. The molecule has 0 unspecified atom stereocenters. The normalized spacial score (nSPS) is 46.3. The van der Waals surface area contributed by atoms with Crippen molar-refractivity contribution in [1.82, 2.24) is 25.9 Å². The van der Waals surface area contributed by atoms with Gasteiger partial charge in [0, 0.05) is 61.4 Å². The highest BCUT2D eigenvalue weighted by molar-refractivity contribution is 5.86. The number of carboxylic acids is 1. The van der Waals surface area contributed by atoms with Crippen molar-refractivity contribution in [2.45, 2.75) is 180 Å². The molecule has 2 aliphatic heterocycles. The zero-order valence-electron chi connectivity index (χ0n) is 44.3. The molecule has 9 rings (SSSR count). The first-order chi connectivity index (χ1) is 34.6. The molecule has 2 saturated heterocycles. The minimum atomic E-state index is -1.64. The predicted octanol–water partition coefficient (Wildman–Crippen LogP) is 2.50. The number of aliphatic carboxylic acids is 1. The Morgan fingerprint density at radius 3 is 2.32 bits per heavy atom. The molecule has 73 heavy (non-hydrogen) atoms. The number of carbonyl (C=O) groups excluding carboxylic acids is 1. The third kappa shape index (κ3) is 8.61. The second kappa shape index (κ2) is 20.3. The fourth-order valence-electron chi connectivity index (χ4n) is 18.2. The number of aliphatic hydroxyl groups is 7. The Kier molecular flexibility index (Phi) is 15.4. The van der Waals surface area contributed by atoms with Crippen LogP contribution in [0, 0.1) is 73.4 Å². The van der Waals surface area contributed by atoms with E-state index in [4.69, 9.17) is 15.2 Å². The zero-order chi connectivity index (χ0) is 52.7. The third-order valence-electron chi connectivity index (χ3n) is 22.8. The van der Waals surface area contributed by atoms with Crippen molar-refractivity contribution in [3.8, 4) is 0 Å². The van der Waals surface area contributed by atoms with E-state index in [1.54, 1.807) is 12.5 Å². The summed E-state index contributed by atoms with van der Waals surface area (Å²) in [6, 6.07) is -0.468. The van der Waals surface area contributed by atoms with Crippen LogP contribution in [0.25, 0.3) is 0 Å². The maximum Gasteiger partial charge on any atom is 0.310 e. The maximum atomic E-state index is 15.0. The second-order valence-electron chi connectivity index (χ2n) is 26.0. The highest BCUT2D eigenvalue weighted by Crippen LogP contribution is 2.77. The summed E-state index contributed by atoms with van der Waals surface area (Å²) in [6.07, 6.45) is 4.94. The molecule has 14 N–H and O–H groups in total. The van der Waals surface area contributed by atoms with Gasteiger partial charge in [-0.2, -0.15) is 0 Å². The van der Waals surface area contributed by atoms with Gasteiger partial charge < -0.3 is 77.0 Å². The van der Waals surface area contributed by atoms with Crippen LogP contribution in [0.2, 0.25) is 0 Å². The number of fused-ring (bicyclic) bond motifs is 7. The number of carbonyl (C=O) groups is 2. The van der Waals surface area contributed by atoms with Crippen LogP contribution in [0.3, 0.4) is 0 Å². The molecule has 5 saturated carbocycles. The average Bonchev–Trinajstić information content (AvgIpc) is 4.14. The fraction of sp³-hybridized carbons (Fsp3) is 0.873. The molecule has 1 aromatic heterocycles. The van der Waals surface area contributed by atoms with E-state index in [-0.39, 0.29) is 55.3 Å². The first-order valence-corrected chi connectivity index (χ1v) is 27.8. The van der Waals surface area contributed by atoms with Gasteiger partial charge in [-0.1, -0.05) is 59.1 Å². The summed E-state index contributed by atoms with van der Waals surface area (Å²) in [5.41, 5.74) is 3.52. The highest BCUT2D eigenvalue weighted by atomic mass is 16.7. The van der Waals surface area contributed by atoms with Crippen LogP contribution in [0.15, 0.2) is 24.2 Å². The van der Waals surface area contributed by atoms with Gasteiger partial charge in [-0.05, 0) is 135 Å². The van der Waals surface area contributed by atoms with Crippen molar-refractivity contribution in [2.75, 3.05) is 46.5 Å². The largest absolute Gasteiger partial charge is 0.481 e. The van der Waals surface area contributed by atoms with E-state index in [2.05, 4.69) is 59.7 Å². The van der Waals surface area contributed by atoms with E-state index in [1.165, 1.54) is 5.57 Å². The number of nitrogens with two attached hydrogens (primary N) is 1. The number of rotatable bonds is 17. The number of nitrogens with one attached hydrogen (secondary N) is 4. The van der Waals surface area contributed by atoms with Crippen LogP contribution in [-0.2, 0) is 19.1 Å². The molecule has 0 radical (unpaired) electrons. The molecule has 3 heterocycles. The topological polar surface area (TPSA) is 305 Å². The summed E-state index contributed by atoms with van der Waals surface area (Å²) in [5.74, 6) is -3.09. The van der Waals surface area contributed by atoms with Gasteiger partial charge in [0.2, 0.25) is 5.91 Å². The fourth-order valence-corrected chi connectivity index (χ4v) is 18.2. The molecule has 1 amide bonds. The van der Waals surface area contributed by atoms with Gasteiger partial charge in [0.05, 0.1) is 42.6 Å². The lowest BCUT2D eigenvalue weighted by Crippen LogP contribution is -2.72. The van der Waals surface area contributed by atoms with E-state index in [0.717, 1.165) is 31.5 Å². The van der Waals surface area contributed by atoms with Crippen molar-refractivity contribution in [1.29, 1.82) is 0 Å². The number of allylic oxidation sites excluding steroid dienone is 2. The number of aromatic amines is 1. The first-order valence-electron chi connectivity index (χ1n) is 27.8. The quantitative estimate of drug-likeness (QED) is 0.0462. The van der Waals surface area contributed by atoms with Crippen LogP contribution >= 0.6 is 0 Å². The van der Waals surface area contributed by atoms with Crippen molar-refractivity contribution in [3.63, 3.8) is 0 Å². The number of hydrogen-bond donors (Lipinski definition) is 13. The molecule has 8 aliphatic rings. The molecule has 412 valence electrons. The number of carboxylic acid groups (broad SMARTS) is 1. The van der Waals surface area contributed by atoms with Crippen molar-refractivity contribution in [3.05, 3.63) is 29.9 Å². The summed E-state index contributed by atoms with van der Waals surface area (Å²) in [4.78, 5) is 36.4. The number of nitrogens with zero attached hydrogens (tertiary/aromatic N) is 1. The van der Waals surface area contributed by atoms with Gasteiger partial charge in [-0.3, -0.25) is 9.59 Å². The second-order valence-corrected chi connectivity index (χ2v) is 26.0. The standard InChI is InChI=1S/C55H90N6O12/c1-49(27-62)15-17-55(48(70)71)18-16-51(3)32(35(55)23-49)9-10-39-52(51,4)14-11-38-50(2,28-63)44(73-46-43(67)42(66)37(64)26-72-46)41(65)34(53(38,39)5)22-33-40(61-47(69)54(33)12-7-8-13-54)31(36-25-59-29-60-36)21-30(45(56)68)24-58-20-19-57-6/h9,25,29-31,33-35,37-46,57-58,62-68H,7-8,10-24,26-28,56H2,1-6H3,(H,59,60)(H,61,69)(H,70,71)/t30-,31-,33-,34+,35-,37+,38+,39-,40-,41+,42-,43+,44+,45-,46-,49-,50-,51+,52+,53-,55-/m0/s1. The Morgan fingerprint density at radius 1 is 0.945 bits per heavy atom. The molecule has 18 nitrogen and oxygen atoms in total. The molecule has 1 spiro atoms. The monoisotopic (exact) mass is 1030 g/mol. The summed E-state index contributed by atoms with van der Waals surface area (Å²) < 4.78 is 12.7. The van der Waals surface area contributed by atoms with Crippen LogP contribution < -0.4 is 21.7 Å². The predicted molar refractivity (Wildman–Crippen MR) is 270 cm³/mol. The SMILES string of the molecule is CNCCNC[C@H](C[C@@H](c1cnc[nH]1)[C@@H]1NC(=O)C2(CCCC2)[C@H]1C[C@@H]1[C@@H](O)[C@@H](O[C@@H]2OC[C@@H](O)[C@H](O)[C@H]2O)[C@@](C)(CO)[C@H]2CC[C@]3(C)[C@H](CC=C4[C@@H]5C[C@@](C)(CO)CC[C@]5(C(=O)O)CC[C@]43C)[C@@]12C)[C@@H](N)O. The number of hydrogen-bond acceptors (Lipinski definition) is 15. The van der Waals surface area contributed by atoms with Gasteiger partial charge in [-0.15, -0.1) is 0 Å². The summed E-state index contributed by atoms with van der Waals surface area (Å²) in [5, 5.41) is 101. The number of H-pyrrole nitrogens is 1. The number of imidazole rings is 1. The van der Waals surface area contributed by atoms with Crippen LogP contribution in [0.1, 0.15) is 136 Å². The molecular weight excluding hydrogens is 937 g/mol. The van der Waals surface area contributed by atoms with Crippen molar-refractivity contribution >= 4 is 11.9 Å². The Bertz CT molecular complexity index is 2160. The number of amides is 1. The first kappa shape index (κ1) is 55.2. The molecule has 0 bridgehead atoms. The Morgan fingerprint density at radius 2 is 1.67 bits per heavy atom. The maximum absolute atomic E-state index is 15.0. The van der Waals surface area contributed by atoms with Gasteiger partial charge in [-0.25, -0.2) is 4.98 Å². The van der Waals surface area contributed by atoms with Gasteiger partial charge >= 0.3 is 5.97 Å². The van der Waals surface area contributed by atoms with E-state index in [9.17, 15) is 45.6 Å². The smallest absolute Gasteiger partial charge is 0.310 e. The molecule has 1 aromatic rings. The minimum Gasteiger partial charge on any atom is -0.481 e. The highest BCUT2D eigenvalue weighted by Gasteiger charge is 2.74. The number of likely N-dealkylation sites (N-methyl/N-ethyl adjacent to an activating group) is 1. The van der Waals surface area contributed by atoms with E-state index < -0.39 is 105 Å². The zero-order valence-corrected chi connectivity index (χ0v) is 44.3. The van der Waals surface area contributed by atoms with Gasteiger partial charge in [0.15, 0.2) is 6.29 Å². The molecule has 18 heteroatoms. The van der Waals surface area contributed by atoms with Gasteiger partial charge in [0.1, 0.15) is 24.5 Å². The summed E-state index contributed by atoms with van der Waals surface area (Å²) >= 11 is 0. The number of aromatic nitrogens is 2. The number of aliphatic hydroxyl groups excluding tert-OH is 7. The summed E-state index contributed by atoms with van der Waals surface area (Å²) in [7, 11) is 1.88.